The Morgan fingerprint density at radius 1 is 1.12 bits per heavy atom. The molecule has 3 rings (SSSR count). The molecule has 0 atom stereocenters. The molecule has 2 N–H and O–H groups in total. The summed E-state index contributed by atoms with van der Waals surface area (Å²) in [5, 5.41) is 6.29. The predicted molar refractivity (Wildman–Crippen MR) is 109 cm³/mol. The lowest BCUT2D eigenvalue weighted by Crippen LogP contribution is -2.33. The SMILES string of the molecule is Cc1ccc(-c2noc(CCC(=O)Nc3ccc(S(=O)(=O)NCC(F)(F)F)cc3)n2)cc1F. The lowest BCUT2D eigenvalue weighted by atomic mass is 10.1. The second kappa shape index (κ2) is 9.67. The van der Waals surface area contributed by atoms with Crippen LogP contribution in [0.2, 0.25) is 0 Å². The molecule has 0 saturated carbocycles. The number of rotatable bonds is 8. The van der Waals surface area contributed by atoms with Crippen molar-refractivity contribution in [2.75, 3.05) is 11.9 Å². The van der Waals surface area contributed by atoms with E-state index in [1.165, 1.54) is 22.9 Å². The van der Waals surface area contributed by atoms with Gasteiger partial charge in [0.2, 0.25) is 27.6 Å². The number of sulfonamides is 1. The summed E-state index contributed by atoms with van der Waals surface area (Å²) in [6.45, 7) is -0.0687. The highest BCUT2D eigenvalue weighted by atomic mass is 32.2. The molecule has 0 radical (unpaired) electrons. The fraction of sp³-hybridized carbons (Fsp3) is 0.250. The number of carbonyl (C=O) groups is 1. The first kappa shape index (κ1) is 24.3. The van der Waals surface area contributed by atoms with Gasteiger partial charge in [-0.15, -0.1) is 0 Å². The van der Waals surface area contributed by atoms with E-state index in [9.17, 15) is 30.8 Å². The summed E-state index contributed by atoms with van der Waals surface area (Å²) >= 11 is 0. The summed E-state index contributed by atoms with van der Waals surface area (Å²) < 4.78 is 80.6. The topological polar surface area (TPSA) is 114 Å². The van der Waals surface area contributed by atoms with E-state index in [0.717, 1.165) is 12.1 Å². The third kappa shape index (κ3) is 6.83. The highest BCUT2D eigenvalue weighted by Crippen LogP contribution is 2.20. The second-order valence-electron chi connectivity index (χ2n) is 6.99. The predicted octanol–water partition coefficient (Wildman–Crippen LogP) is 3.60. The molecule has 0 fully saturated rings. The molecule has 1 amide bonds. The number of hydrogen-bond acceptors (Lipinski definition) is 6. The van der Waals surface area contributed by atoms with E-state index in [2.05, 4.69) is 15.5 Å². The summed E-state index contributed by atoms with van der Waals surface area (Å²) in [6.07, 6.45) is -4.63. The van der Waals surface area contributed by atoms with Crippen LogP contribution in [-0.4, -0.2) is 37.2 Å². The van der Waals surface area contributed by atoms with E-state index >= 15 is 0 Å². The Hall–Kier alpha value is -3.32. The van der Waals surface area contributed by atoms with E-state index < -0.39 is 34.5 Å². The third-order valence-electron chi connectivity index (χ3n) is 4.38. The van der Waals surface area contributed by atoms with Crippen molar-refractivity contribution >= 4 is 21.6 Å². The number of alkyl halides is 3. The Labute approximate surface area is 186 Å². The maximum absolute atomic E-state index is 13.7. The van der Waals surface area contributed by atoms with Gasteiger partial charge in [0.15, 0.2) is 0 Å². The summed E-state index contributed by atoms with van der Waals surface area (Å²) in [6, 6.07) is 9.13. The van der Waals surface area contributed by atoms with E-state index in [-0.39, 0.29) is 35.1 Å². The lowest BCUT2D eigenvalue weighted by molar-refractivity contribution is -0.121. The molecule has 0 aliphatic heterocycles. The molecule has 33 heavy (non-hydrogen) atoms. The number of carbonyl (C=O) groups excluding carboxylic acids is 1. The van der Waals surface area contributed by atoms with Gasteiger partial charge in [-0.1, -0.05) is 17.3 Å². The lowest BCUT2D eigenvalue weighted by Gasteiger charge is -2.10. The molecule has 1 aromatic heterocycles. The van der Waals surface area contributed by atoms with Gasteiger partial charge in [-0.05, 0) is 42.8 Å². The molecular weight excluding hydrogens is 468 g/mol. The number of nitrogens with one attached hydrogen (secondary N) is 2. The molecule has 0 bridgehead atoms. The quantitative estimate of drug-likeness (QED) is 0.471. The number of halogens is 4. The molecule has 0 saturated heterocycles. The van der Waals surface area contributed by atoms with Crippen LogP contribution in [0, 0.1) is 12.7 Å². The van der Waals surface area contributed by atoms with Gasteiger partial charge in [-0.3, -0.25) is 4.79 Å². The van der Waals surface area contributed by atoms with Gasteiger partial charge in [0.05, 0.1) is 4.90 Å². The minimum atomic E-state index is -4.68. The number of aryl methyl sites for hydroxylation is 2. The zero-order valence-corrected chi connectivity index (χ0v) is 17.9. The maximum atomic E-state index is 13.7. The van der Waals surface area contributed by atoms with Gasteiger partial charge in [0, 0.05) is 24.1 Å². The van der Waals surface area contributed by atoms with Gasteiger partial charge in [0.1, 0.15) is 12.4 Å². The van der Waals surface area contributed by atoms with E-state index in [4.69, 9.17) is 4.52 Å². The summed E-state index contributed by atoms with van der Waals surface area (Å²) in [7, 11) is -4.34. The smallest absolute Gasteiger partial charge is 0.339 e. The van der Waals surface area contributed by atoms with Crippen LogP contribution in [-0.2, 0) is 21.2 Å². The van der Waals surface area contributed by atoms with Gasteiger partial charge in [0.25, 0.3) is 0 Å². The van der Waals surface area contributed by atoms with Crippen molar-refractivity contribution in [2.24, 2.45) is 0 Å². The highest BCUT2D eigenvalue weighted by molar-refractivity contribution is 7.89. The zero-order chi connectivity index (χ0) is 24.2. The molecule has 3 aromatic rings. The molecule has 1 heterocycles. The Balaban J connectivity index is 1.54. The van der Waals surface area contributed by atoms with Crippen LogP contribution >= 0.6 is 0 Å². The van der Waals surface area contributed by atoms with Gasteiger partial charge >= 0.3 is 6.18 Å². The van der Waals surface area contributed by atoms with Gasteiger partial charge in [-0.2, -0.15) is 18.2 Å². The minimum absolute atomic E-state index is 0.0446. The molecular formula is C20H18F4N4O4S. The number of amides is 1. The fourth-order valence-electron chi connectivity index (χ4n) is 2.63. The monoisotopic (exact) mass is 486 g/mol. The number of aromatic nitrogens is 2. The van der Waals surface area contributed by atoms with Crippen molar-refractivity contribution < 1.29 is 35.3 Å². The molecule has 8 nitrogen and oxygen atoms in total. The van der Waals surface area contributed by atoms with Crippen LogP contribution in [0.3, 0.4) is 0 Å². The third-order valence-corrected chi connectivity index (χ3v) is 5.79. The van der Waals surface area contributed by atoms with E-state index in [1.54, 1.807) is 19.1 Å². The zero-order valence-electron chi connectivity index (χ0n) is 17.1. The second-order valence-corrected chi connectivity index (χ2v) is 8.75. The average molecular weight is 486 g/mol. The van der Waals surface area contributed by atoms with Crippen LogP contribution < -0.4 is 10.0 Å². The first-order valence-electron chi connectivity index (χ1n) is 9.48. The highest BCUT2D eigenvalue weighted by Gasteiger charge is 2.30. The van der Waals surface area contributed by atoms with Crippen molar-refractivity contribution in [3.63, 3.8) is 0 Å². The van der Waals surface area contributed by atoms with Crippen molar-refractivity contribution in [2.45, 2.75) is 30.8 Å². The van der Waals surface area contributed by atoms with Gasteiger partial charge in [-0.25, -0.2) is 17.5 Å². The Morgan fingerprint density at radius 3 is 2.45 bits per heavy atom. The largest absolute Gasteiger partial charge is 0.402 e. The number of hydrogen-bond donors (Lipinski definition) is 2. The van der Waals surface area contributed by atoms with E-state index in [1.807, 2.05) is 0 Å². The molecule has 0 aliphatic carbocycles. The van der Waals surface area contributed by atoms with Crippen molar-refractivity contribution in [3.8, 4) is 11.4 Å². The average Bonchev–Trinajstić information content (AvgIpc) is 3.22. The summed E-state index contributed by atoms with van der Waals surface area (Å²) in [5.74, 6) is -0.506. The van der Waals surface area contributed by atoms with Gasteiger partial charge < -0.3 is 9.84 Å². The van der Waals surface area contributed by atoms with Crippen molar-refractivity contribution in [1.29, 1.82) is 0 Å². The molecule has 0 unspecified atom stereocenters. The van der Waals surface area contributed by atoms with Crippen LogP contribution in [0.15, 0.2) is 51.9 Å². The molecule has 0 aliphatic rings. The summed E-state index contributed by atoms with van der Waals surface area (Å²) in [4.78, 5) is 15.9. The molecule has 13 heteroatoms. The van der Waals surface area contributed by atoms with Crippen LogP contribution in [0.25, 0.3) is 11.4 Å². The van der Waals surface area contributed by atoms with E-state index in [0.29, 0.717) is 11.1 Å². The Morgan fingerprint density at radius 2 is 1.82 bits per heavy atom. The first-order chi connectivity index (χ1) is 15.4. The Bertz CT molecular complexity index is 1240. The normalized spacial score (nSPS) is 12.0. The fourth-order valence-corrected chi connectivity index (χ4v) is 3.64. The molecule has 2 aromatic carbocycles. The van der Waals surface area contributed by atoms with Crippen LogP contribution in [0.4, 0.5) is 23.2 Å². The number of anilines is 1. The number of nitrogens with zero attached hydrogens (tertiary/aromatic N) is 2. The van der Waals surface area contributed by atoms with Crippen molar-refractivity contribution in [3.05, 3.63) is 59.7 Å². The Kier molecular flexibility index (Phi) is 7.12. The maximum Gasteiger partial charge on any atom is 0.402 e. The van der Waals surface area contributed by atoms with Crippen LogP contribution in [0.1, 0.15) is 17.9 Å². The standard InChI is InChI=1S/C20H18F4N4O4S/c1-12-2-3-13(10-16(12)21)19-27-18(32-28-19)9-8-17(29)26-14-4-6-15(7-5-14)33(30,31)25-11-20(22,23)24/h2-7,10,25H,8-9,11H2,1H3,(H,26,29). The first-order valence-corrected chi connectivity index (χ1v) is 11.0. The summed E-state index contributed by atoms with van der Waals surface area (Å²) in [5.41, 5.74) is 1.15. The minimum Gasteiger partial charge on any atom is -0.339 e. The molecule has 0 spiro atoms. The molecule has 176 valence electrons. The van der Waals surface area contributed by atoms with Crippen LogP contribution in [0.5, 0.6) is 0 Å². The van der Waals surface area contributed by atoms with Crippen molar-refractivity contribution in [1.82, 2.24) is 14.9 Å². The number of benzene rings is 2.